The number of carbonyl (C=O) groups is 1. The third-order valence-corrected chi connectivity index (χ3v) is 4.59. The van der Waals surface area contributed by atoms with Crippen LogP contribution >= 0.6 is 24.8 Å². The first-order chi connectivity index (χ1) is 12.6. The topological polar surface area (TPSA) is 59.2 Å². The summed E-state index contributed by atoms with van der Waals surface area (Å²) in [5.41, 5.74) is 10.5. The van der Waals surface area contributed by atoms with Crippen LogP contribution < -0.4 is 5.73 Å². The Morgan fingerprint density at radius 2 is 1.71 bits per heavy atom. The first-order valence-electron chi connectivity index (χ1n) is 9.00. The van der Waals surface area contributed by atoms with Crippen LogP contribution in [-0.4, -0.2) is 35.4 Å². The summed E-state index contributed by atoms with van der Waals surface area (Å²) in [6.45, 7) is 5.56. The molecule has 6 heteroatoms. The number of benzene rings is 2. The minimum atomic E-state index is -0.000197. The van der Waals surface area contributed by atoms with Gasteiger partial charge in [0, 0.05) is 25.0 Å². The number of hydrogen-bond acceptors (Lipinski definition) is 3. The van der Waals surface area contributed by atoms with E-state index < -0.39 is 0 Å². The second-order valence-corrected chi connectivity index (χ2v) is 6.63. The van der Waals surface area contributed by atoms with Crippen molar-refractivity contribution in [2.24, 2.45) is 5.73 Å². The van der Waals surface area contributed by atoms with Crippen molar-refractivity contribution in [1.82, 2.24) is 9.88 Å². The zero-order valence-electron chi connectivity index (χ0n) is 16.2. The van der Waals surface area contributed by atoms with Gasteiger partial charge in [0.2, 0.25) is 0 Å². The lowest BCUT2D eigenvalue weighted by Gasteiger charge is -2.23. The molecule has 2 aromatic carbocycles. The molecule has 3 aromatic rings. The normalized spacial score (nSPS) is 10.1. The monoisotopic (exact) mass is 419 g/mol. The van der Waals surface area contributed by atoms with Crippen molar-refractivity contribution >= 4 is 41.6 Å². The summed E-state index contributed by atoms with van der Waals surface area (Å²) in [5, 5.41) is 0.995. The Bertz CT molecular complexity index is 916. The van der Waals surface area contributed by atoms with Crippen LogP contribution in [0.15, 0.2) is 54.6 Å². The summed E-state index contributed by atoms with van der Waals surface area (Å²) in [6.07, 6.45) is 0.811. The molecule has 0 fully saturated rings. The molecule has 1 amide bonds. The molecular formula is C22H27Cl2N3O. The molecule has 1 aromatic heterocycles. The molecule has 1 heterocycles. The Balaban J connectivity index is 0.00000196. The van der Waals surface area contributed by atoms with E-state index in [0.29, 0.717) is 25.2 Å². The molecule has 4 nitrogen and oxygen atoms in total. The van der Waals surface area contributed by atoms with E-state index in [2.05, 4.69) is 23.2 Å². The lowest BCUT2D eigenvalue weighted by Crippen LogP contribution is -2.37. The molecule has 3 rings (SSSR count). The highest BCUT2D eigenvalue weighted by atomic mass is 35.5. The average molecular weight is 420 g/mol. The number of fused-ring (bicyclic) bond motifs is 1. The summed E-state index contributed by atoms with van der Waals surface area (Å²) in [6, 6.07) is 18.3. The van der Waals surface area contributed by atoms with Crippen LogP contribution in [0.1, 0.15) is 27.2 Å². The van der Waals surface area contributed by atoms with Crippen LogP contribution in [0, 0.1) is 13.8 Å². The number of rotatable bonds is 6. The molecule has 0 saturated carbocycles. The molecule has 150 valence electrons. The van der Waals surface area contributed by atoms with E-state index in [-0.39, 0.29) is 30.7 Å². The molecule has 28 heavy (non-hydrogen) atoms. The summed E-state index contributed by atoms with van der Waals surface area (Å²) in [5.74, 6) is -0.000197. The van der Waals surface area contributed by atoms with Gasteiger partial charge in [0.1, 0.15) is 0 Å². The first kappa shape index (κ1) is 23.9. The number of nitrogens with two attached hydrogens (primary N) is 1. The highest BCUT2D eigenvalue weighted by Gasteiger charge is 2.18. The highest BCUT2D eigenvalue weighted by Crippen LogP contribution is 2.19. The fourth-order valence-corrected chi connectivity index (χ4v) is 3.16. The van der Waals surface area contributed by atoms with Gasteiger partial charge in [0.15, 0.2) is 0 Å². The molecule has 0 aliphatic heterocycles. The fraction of sp³-hybridized carbons (Fsp3) is 0.273. The average Bonchev–Trinajstić information content (AvgIpc) is 2.65. The molecule has 0 bridgehead atoms. The number of aromatic nitrogens is 1. The van der Waals surface area contributed by atoms with Crippen LogP contribution in [-0.2, 0) is 6.42 Å². The Kier molecular flexibility index (Phi) is 9.39. The number of hydrogen-bond donors (Lipinski definition) is 1. The molecular weight excluding hydrogens is 393 g/mol. The third kappa shape index (κ3) is 5.68. The van der Waals surface area contributed by atoms with E-state index in [1.165, 1.54) is 5.56 Å². The quantitative estimate of drug-likeness (QED) is 0.646. The van der Waals surface area contributed by atoms with Gasteiger partial charge in [0.05, 0.1) is 16.8 Å². The Morgan fingerprint density at radius 3 is 2.39 bits per heavy atom. The van der Waals surface area contributed by atoms with Crippen molar-refractivity contribution in [3.05, 3.63) is 77.0 Å². The van der Waals surface area contributed by atoms with E-state index in [1.54, 1.807) is 0 Å². The molecule has 0 radical (unpaired) electrons. The van der Waals surface area contributed by atoms with Gasteiger partial charge in [-0.1, -0.05) is 42.0 Å². The van der Waals surface area contributed by atoms with E-state index in [0.717, 1.165) is 28.6 Å². The van der Waals surface area contributed by atoms with Gasteiger partial charge < -0.3 is 10.6 Å². The van der Waals surface area contributed by atoms with E-state index in [9.17, 15) is 4.79 Å². The van der Waals surface area contributed by atoms with Crippen molar-refractivity contribution in [2.75, 3.05) is 19.6 Å². The van der Waals surface area contributed by atoms with Crippen molar-refractivity contribution in [2.45, 2.75) is 20.3 Å². The van der Waals surface area contributed by atoms with Crippen LogP contribution in [0.5, 0.6) is 0 Å². The predicted octanol–water partition coefficient (Wildman–Crippen LogP) is 4.34. The largest absolute Gasteiger partial charge is 0.337 e. The zero-order chi connectivity index (χ0) is 18.5. The number of nitrogens with zero attached hydrogens (tertiary/aromatic N) is 2. The highest BCUT2D eigenvalue weighted by molar-refractivity contribution is 5.98. The number of pyridine rings is 1. The molecule has 0 unspecified atom stereocenters. The maximum Gasteiger partial charge on any atom is 0.255 e. The molecule has 0 atom stereocenters. The molecule has 0 aliphatic rings. The Hall–Kier alpha value is -2.14. The van der Waals surface area contributed by atoms with Crippen LogP contribution in [0.2, 0.25) is 0 Å². The molecule has 0 aliphatic carbocycles. The van der Waals surface area contributed by atoms with Gasteiger partial charge in [-0.2, -0.15) is 0 Å². The number of aryl methyl sites for hydroxylation is 2. The summed E-state index contributed by atoms with van der Waals surface area (Å²) in [4.78, 5) is 19.6. The van der Waals surface area contributed by atoms with E-state index in [1.807, 2.05) is 55.1 Å². The smallest absolute Gasteiger partial charge is 0.255 e. The van der Waals surface area contributed by atoms with Gasteiger partial charge in [-0.25, -0.2) is 0 Å². The minimum absolute atomic E-state index is 0. The van der Waals surface area contributed by atoms with E-state index >= 15 is 0 Å². The second-order valence-electron chi connectivity index (χ2n) is 6.63. The maximum absolute atomic E-state index is 13.1. The van der Waals surface area contributed by atoms with Crippen molar-refractivity contribution in [3.63, 3.8) is 0 Å². The Labute approximate surface area is 179 Å². The summed E-state index contributed by atoms with van der Waals surface area (Å²) >= 11 is 0. The summed E-state index contributed by atoms with van der Waals surface area (Å²) in [7, 11) is 0. The molecule has 0 spiro atoms. The fourth-order valence-electron chi connectivity index (χ4n) is 3.16. The number of carbonyl (C=O) groups excluding carboxylic acids is 1. The van der Waals surface area contributed by atoms with Crippen LogP contribution in [0.4, 0.5) is 0 Å². The third-order valence-electron chi connectivity index (χ3n) is 4.59. The lowest BCUT2D eigenvalue weighted by molar-refractivity contribution is 0.0761. The standard InChI is InChI=1S/C22H25N3O.2ClH/c1-16-8-9-21-19(14-16)15-20(17(2)24-21)22(26)25(13-11-23)12-10-18-6-4-3-5-7-18;;/h3-9,14-15H,10-13,23H2,1-2H3;2*1H. The number of halogens is 2. The van der Waals surface area contributed by atoms with Crippen molar-refractivity contribution in [1.29, 1.82) is 0 Å². The Morgan fingerprint density at radius 1 is 1.00 bits per heavy atom. The van der Waals surface area contributed by atoms with Gasteiger partial charge in [0.25, 0.3) is 5.91 Å². The SMILES string of the molecule is Cc1ccc2nc(C)c(C(=O)N(CCN)CCc3ccccc3)cc2c1.Cl.Cl. The van der Waals surface area contributed by atoms with Gasteiger partial charge >= 0.3 is 0 Å². The number of amides is 1. The van der Waals surface area contributed by atoms with Crippen LogP contribution in [0.25, 0.3) is 10.9 Å². The van der Waals surface area contributed by atoms with Gasteiger partial charge in [-0.3, -0.25) is 9.78 Å². The van der Waals surface area contributed by atoms with Crippen molar-refractivity contribution < 1.29 is 4.79 Å². The lowest BCUT2D eigenvalue weighted by atomic mass is 10.1. The van der Waals surface area contributed by atoms with E-state index in [4.69, 9.17) is 5.73 Å². The second kappa shape index (κ2) is 11.0. The zero-order valence-corrected chi connectivity index (χ0v) is 17.9. The van der Waals surface area contributed by atoms with Gasteiger partial charge in [-0.15, -0.1) is 24.8 Å². The van der Waals surface area contributed by atoms with Gasteiger partial charge in [-0.05, 0) is 44.0 Å². The molecule has 2 N–H and O–H groups in total. The predicted molar refractivity (Wildman–Crippen MR) is 121 cm³/mol. The molecule has 0 saturated heterocycles. The maximum atomic E-state index is 13.1. The summed E-state index contributed by atoms with van der Waals surface area (Å²) < 4.78 is 0. The minimum Gasteiger partial charge on any atom is -0.337 e. The van der Waals surface area contributed by atoms with Crippen LogP contribution in [0.3, 0.4) is 0 Å². The van der Waals surface area contributed by atoms with Crippen molar-refractivity contribution in [3.8, 4) is 0 Å². The first-order valence-corrected chi connectivity index (χ1v) is 9.00.